The van der Waals surface area contributed by atoms with Crippen LogP contribution in [0, 0.1) is 0 Å². The van der Waals surface area contributed by atoms with Gasteiger partial charge in [-0.3, -0.25) is 19.5 Å². The van der Waals surface area contributed by atoms with Crippen LogP contribution in [-0.2, 0) is 10.4 Å². The predicted octanol–water partition coefficient (Wildman–Crippen LogP) is -0.758. The fraction of sp³-hybridized carbons (Fsp3) is 0. The zero-order valence-electron chi connectivity index (χ0n) is 6.45. The van der Waals surface area contributed by atoms with Crippen molar-refractivity contribution >= 4 is 22.3 Å². The van der Waals surface area contributed by atoms with Crippen LogP contribution in [0.5, 0.6) is 0 Å². The van der Waals surface area contributed by atoms with Crippen LogP contribution in [0.1, 0.15) is 0 Å². The lowest BCUT2D eigenvalue weighted by Crippen LogP contribution is -2.07. The van der Waals surface area contributed by atoms with Gasteiger partial charge in [0, 0.05) is 0 Å². The van der Waals surface area contributed by atoms with Gasteiger partial charge >= 0.3 is 16.5 Å². The van der Waals surface area contributed by atoms with Crippen LogP contribution >= 0.6 is 0 Å². The standard InChI is InChI=1S/C3H4N4O2.H2O4S/c8-3(9)5-2-1-4-7-6-2;1-5(2,3)4/h1H,(H,8,9)(H2,4,5,6,7);(H2,1,2,3,4). The highest BCUT2D eigenvalue weighted by atomic mass is 32.3. The van der Waals surface area contributed by atoms with Crippen LogP contribution in [0.3, 0.4) is 0 Å². The number of nitrogens with one attached hydrogen (secondary N) is 2. The van der Waals surface area contributed by atoms with Crippen molar-refractivity contribution in [2.75, 3.05) is 5.32 Å². The fourth-order valence-electron chi connectivity index (χ4n) is 0.372. The van der Waals surface area contributed by atoms with Crippen LogP contribution in [-0.4, -0.2) is 44.1 Å². The molecular formula is C3H6N4O6S. The van der Waals surface area contributed by atoms with Gasteiger partial charge in [0.1, 0.15) is 0 Å². The van der Waals surface area contributed by atoms with Gasteiger partial charge in [-0.2, -0.15) is 8.42 Å². The zero-order valence-corrected chi connectivity index (χ0v) is 7.26. The van der Waals surface area contributed by atoms with Gasteiger partial charge in [-0.25, -0.2) is 4.79 Å². The van der Waals surface area contributed by atoms with E-state index in [0.29, 0.717) is 0 Å². The molecule has 0 fully saturated rings. The number of aromatic amines is 1. The second kappa shape index (κ2) is 5.11. The Kier molecular flexibility index (Phi) is 4.48. The van der Waals surface area contributed by atoms with Crippen molar-refractivity contribution < 1.29 is 27.4 Å². The number of carboxylic acid groups (broad SMARTS) is 1. The highest BCUT2D eigenvalue weighted by Gasteiger charge is 1.97. The quantitative estimate of drug-likeness (QED) is 0.389. The minimum absolute atomic E-state index is 0.197. The van der Waals surface area contributed by atoms with E-state index in [9.17, 15) is 4.79 Å². The van der Waals surface area contributed by atoms with E-state index in [1.807, 2.05) is 5.32 Å². The van der Waals surface area contributed by atoms with Crippen LogP contribution in [0.25, 0.3) is 0 Å². The third kappa shape index (κ3) is 10.3. The molecule has 0 aliphatic rings. The first kappa shape index (κ1) is 12.3. The van der Waals surface area contributed by atoms with E-state index < -0.39 is 16.5 Å². The van der Waals surface area contributed by atoms with E-state index in [4.69, 9.17) is 22.6 Å². The van der Waals surface area contributed by atoms with Crippen molar-refractivity contribution in [3.05, 3.63) is 6.20 Å². The summed E-state index contributed by atoms with van der Waals surface area (Å²) < 4.78 is 31.6. The van der Waals surface area contributed by atoms with Gasteiger partial charge in [-0.1, -0.05) is 5.21 Å². The summed E-state index contributed by atoms with van der Waals surface area (Å²) in [5, 5.41) is 19.1. The first-order valence-electron chi connectivity index (χ1n) is 2.85. The van der Waals surface area contributed by atoms with E-state index in [1.54, 1.807) is 0 Å². The van der Waals surface area contributed by atoms with Gasteiger partial charge in [0.15, 0.2) is 5.82 Å². The molecule has 5 N–H and O–H groups in total. The van der Waals surface area contributed by atoms with Crippen molar-refractivity contribution in [1.82, 2.24) is 15.4 Å². The van der Waals surface area contributed by atoms with E-state index >= 15 is 0 Å². The molecule has 0 aliphatic heterocycles. The average molecular weight is 226 g/mol. The van der Waals surface area contributed by atoms with Crippen molar-refractivity contribution in [2.45, 2.75) is 0 Å². The molecule has 0 spiro atoms. The molecule has 10 nitrogen and oxygen atoms in total. The summed E-state index contributed by atoms with van der Waals surface area (Å²) in [4.78, 5) is 9.87. The molecule has 0 bridgehead atoms. The van der Waals surface area contributed by atoms with Crippen LogP contribution in [0.2, 0.25) is 0 Å². The largest absolute Gasteiger partial charge is 0.465 e. The summed E-state index contributed by atoms with van der Waals surface area (Å²) >= 11 is 0. The molecule has 11 heteroatoms. The van der Waals surface area contributed by atoms with Crippen LogP contribution < -0.4 is 5.32 Å². The maximum atomic E-state index is 9.87. The first-order valence-corrected chi connectivity index (χ1v) is 4.25. The normalized spacial score (nSPS) is 9.86. The molecule has 14 heavy (non-hydrogen) atoms. The lowest BCUT2D eigenvalue weighted by Gasteiger charge is -1.88. The zero-order chi connectivity index (χ0) is 11.2. The van der Waals surface area contributed by atoms with E-state index in [-0.39, 0.29) is 5.82 Å². The number of hydrogen-bond donors (Lipinski definition) is 5. The Balaban J connectivity index is 0.000000292. The molecule has 1 heterocycles. The highest BCUT2D eigenvalue weighted by molar-refractivity contribution is 7.79. The maximum Gasteiger partial charge on any atom is 0.410 e. The molecule has 0 saturated carbocycles. The SMILES string of the molecule is O=C(O)Nc1c[nH]nn1.O=S(=O)(O)O. The molecule has 0 aromatic carbocycles. The number of hydrogen-bond acceptors (Lipinski definition) is 5. The summed E-state index contributed by atoms with van der Waals surface area (Å²) in [6.07, 6.45) is 0.192. The first-order chi connectivity index (χ1) is 6.29. The molecule has 1 aromatic rings. The van der Waals surface area contributed by atoms with Crippen LogP contribution in [0.4, 0.5) is 10.6 Å². The maximum absolute atomic E-state index is 9.87. The van der Waals surface area contributed by atoms with Gasteiger partial charge in [0.25, 0.3) is 0 Å². The summed E-state index contributed by atoms with van der Waals surface area (Å²) in [7, 11) is -4.67. The molecular weight excluding hydrogens is 220 g/mol. The number of anilines is 1. The summed E-state index contributed by atoms with van der Waals surface area (Å²) in [5.74, 6) is 0.197. The Hall–Kier alpha value is -1.72. The van der Waals surface area contributed by atoms with E-state index in [1.165, 1.54) is 6.20 Å². The summed E-state index contributed by atoms with van der Waals surface area (Å²) in [6.45, 7) is 0. The average Bonchev–Trinajstić information content (AvgIpc) is 2.33. The molecule has 0 atom stereocenters. The number of H-pyrrole nitrogens is 1. The molecule has 0 saturated heterocycles. The Morgan fingerprint density at radius 3 is 2.29 bits per heavy atom. The molecule has 1 rings (SSSR count). The van der Waals surface area contributed by atoms with Crippen molar-refractivity contribution in [1.29, 1.82) is 0 Å². The lowest BCUT2D eigenvalue weighted by molar-refractivity contribution is 0.209. The Morgan fingerprint density at radius 2 is 2.00 bits per heavy atom. The summed E-state index contributed by atoms with van der Waals surface area (Å²) in [5.41, 5.74) is 0. The fourth-order valence-corrected chi connectivity index (χ4v) is 0.372. The van der Waals surface area contributed by atoms with Crippen molar-refractivity contribution in [3.63, 3.8) is 0 Å². The number of amides is 1. The third-order valence-corrected chi connectivity index (χ3v) is 0.652. The second-order valence-electron chi connectivity index (χ2n) is 1.74. The third-order valence-electron chi connectivity index (χ3n) is 0.652. The minimum Gasteiger partial charge on any atom is -0.465 e. The second-order valence-corrected chi connectivity index (χ2v) is 2.63. The molecule has 0 radical (unpaired) electrons. The van der Waals surface area contributed by atoms with Crippen molar-refractivity contribution in [2.24, 2.45) is 0 Å². The lowest BCUT2D eigenvalue weighted by atomic mass is 10.7. The van der Waals surface area contributed by atoms with E-state index in [0.717, 1.165) is 0 Å². The smallest absolute Gasteiger partial charge is 0.410 e. The Morgan fingerprint density at radius 1 is 1.50 bits per heavy atom. The summed E-state index contributed by atoms with van der Waals surface area (Å²) in [6, 6.07) is 0. The predicted molar refractivity (Wildman–Crippen MR) is 42.2 cm³/mol. The monoisotopic (exact) mass is 226 g/mol. The number of carbonyl (C=O) groups is 1. The van der Waals surface area contributed by atoms with E-state index in [2.05, 4.69) is 15.4 Å². The highest BCUT2D eigenvalue weighted by Crippen LogP contribution is 1.93. The van der Waals surface area contributed by atoms with Gasteiger partial charge in [-0.15, -0.1) is 5.10 Å². The molecule has 0 unspecified atom stereocenters. The topological polar surface area (TPSA) is 165 Å². The Bertz CT molecular complexity index is 362. The van der Waals surface area contributed by atoms with Gasteiger partial charge in [0.2, 0.25) is 0 Å². The molecule has 0 aliphatic carbocycles. The molecule has 1 aromatic heterocycles. The number of nitrogens with zero attached hydrogens (tertiary/aromatic N) is 2. The van der Waals surface area contributed by atoms with Crippen molar-refractivity contribution in [3.8, 4) is 0 Å². The number of rotatable bonds is 1. The number of aromatic nitrogens is 3. The van der Waals surface area contributed by atoms with Crippen LogP contribution in [0.15, 0.2) is 6.20 Å². The molecule has 1 amide bonds. The minimum atomic E-state index is -4.67. The molecule has 80 valence electrons. The Labute approximate surface area is 77.5 Å². The van der Waals surface area contributed by atoms with Gasteiger partial charge < -0.3 is 5.11 Å². The van der Waals surface area contributed by atoms with Gasteiger partial charge in [-0.05, 0) is 0 Å². The van der Waals surface area contributed by atoms with Gasteiger partial charge in [0.05, 0.1) is 6.20 Å².